The van der Waals surface area contributed by atoms with Crippen molar-refractivity contribution >= 4 is 11.6 Å². The first-order valence-corrected chi connectivity index (χ1v) is 11.0. The van der Waals surface area contributed by atoms with Gasteiger partial charge >= 0.3 is 0 Å². The van der Waals surface area contributed by atoms with Gasteiger partial charge in [-0.25, -0.2) is 0 Å². The van der Waals surface area contributed by atoms with Crippen LogP contribution in [0.4, 0.5) is 0 Å². The van der Waals surface area contributed by atoms with Crippen molar-refractivity contribution in [1.82, 2.24) is 0 Å². The van der Waals surface area contributed by atoms with Gasteiger partial charge in [0.05, 0.1) is 0 Å². The Bertz CT molecular complexity index is 1320. The second-order valence-electron chi connectivity index (χ2n) is 7.83. The summed E-state index contributed by atoms with van der Waals surface area (Å²) in [5.41, 5.74) is 9.76. The highest BCUT2D eigenvalue weighted by atomic mass is 14.2. The zero-order valence-corrected chi connectivity index (χ0v) is 17.9. The monoisotopic (exact) mass is 408 g/mol. The van der Waals surface area contributed by atoms with Crippen LogP contribution in [-0.4, -0.2) is 0 Å². The maximum Gasteiger partial charge on any atom is -0.00992 e. The van der Waals surface area contributed by atoms with Crippen LogP contribution < -0.4 is 0 Å². The highest BCUT2D eigenvalue weighted by molar-refractivity contribution is 5.94. The zero-order valence-electron chi connectivity index (χ0n) is 17.9. The zero-order chi connectivity index (χ0) is 21.6. The van der Waals surface area contributed by atoms with Crippen LogP contribution in [0, 0.1) is 0 Å². The number of hydrogen-bond acceptors (Lipinski definition) is 0. The van der Waals surface area contributed by atoms with E-state index in [9.17, 15) is 0 Å². The maximum absolute atomic E-state index is 2.33. The summed E-state index contributed by atoms with van der Waals surface area (Å²) < 4.78 is 0. The summed E-state index contributed by atoms with van der Waals surface area (Å²) in [7, 11) is 0. The van der Waals surface area contributed by atoms with Crippen LogP contribution in [0.2, 0.25) is 0 Å². The van der Waals surface area contributed by atoms with Crippen LogP contribution in [0.3, 0.4) is 0 Å². The van der Waals surface area contributed by atoms with Crippen LogP contribution in [0.5, 0.6) is 0 Å². The summed E-state index contributed by atoms with van der Waals surface area (Å²) in [5.74, 6) is 0. The van der Waals surface area contributed by atoms with Crippen molar-refractivity contribution in [1.29, 1.82) is 0 Å². The van der Waals surface area contributed by atoms with Crippen molar-refractivity contribution < 1.29 is 0 Å². The molecule has 0 spiro atoms. The quantitative estimate of drug-likeness (QED) is 0.255. The molecule has 0 aliphatic rings. The molecule has 5 aromatic carbocycles. The summed E-state index contributed by atoms with van der Waals surface area (Å²) in [6.07, 6.45) is 2.28. The highest BCUT2D eigenvalue weighted by Gasteiger charge is 2.12. The van der Waals surface area contributed by atoms with Crippen LogP contribution in [0.25, 0.3) is 33.9 Å². The second kappa shape index (κ2) is 9.32. The summed E-state index contributed by atoms with van der Waals surface area (Å²) in [6, 6.07) is 49.3. The van der Waals surface area contributed by atoms with Crippen LogP contribution in [0.15, 0.2) is 140 Å². The van der Waals surface area contributed by atoms with Gasteiger partial charge in [-0.3, -0.25) is 0 Å². The molecule has 5 rings (SSSR count). The first-order chi connectivity index (χ1) is 15.9. The molecule has 0 aliphatic carbocycles. The van der Waals surface area contributed by atoms with Gasteiger partial charge in [-0.2, -0.15) is 0 Å². The minimum atomic E-state index is 1.19. The first-order valence-electron chi connectivity index (χ1n) is 11.0. The lowest BCUT2D eigenvalue weighted by Gasteiger charge is -2.15. The van der Waals surface area contributed by atoms with Gasteiger partial charge in [-0.15, -0.1) is 0 Å². The molecule has 0 atom stereocenters. The van der Waals surface area contributed by atoms with E-state index < -0.39 is 0 Å². The molecular weight excluding hydrogens is 384 g/mol. The lowest BCUT2D eigenvalue weighted by atomic mass is 9.88. The molecule has 152 valence electrons. The molecule has 0 aliphatic heterocycles. The minimum absolute atomic E-state index is 1.19. The standard InChI is InChI=1S/C32H24/c1-5-13-25(14-6-1)23-31(27-17-9-3-10-18-27)29-21-22-30(26-15-7-2-8-16-26)32(24-29)28-19-11-4-12-20-28/h1-24H. The van der Waals surface area contributed by atoms with Crippen molar-refractivity contribution in [2.24, 2.45) is 0 Å². The van der Waals surface area contributed by atoms with Crippen LogP contribution in [0.1, 0.15) is 16.7 Å². The van der Waals surface area contributed by atoms with Gasteiger partial charge in [-0.05, 0) is 56.7 Å². The molecular formula is C32H24. The van der Waals surface area contributed by atoms with E-state index in [2.05, 4.69) is 146 Å². The fourth-order valence-electron chi connectivity index (χ4n) is 4.10. The van der Waals surface area contributed by atoms with Gasteiger partial charge in [0.1, 0.15) is 0 Å². The van der Waals surface area contributed by atoms with Crippen molar-refractivity contribution in [2.75, 3.05) is 0 Å². The SMILES string of the molecule is C(=C(c1ccccc1)c1ccc(-c2ccccc2)c(-c2ccccc2)c1)c1ccccc1. The lowest BCUT2D eigenvalue weighted by Crippen LogP contribution is -1.92. The second-order valence-corrected chi connectivity index (χ2v) is 7.83. The predicted octanol–water partition coefficient (Wildman–Crippen LogP) is 8.61. The van der Waals surface area contributed by atoms with Gasteiger partial charge in [0.2, 0.25) is 0 Å². The summed E-state index contributed by atoms with van der Waals surface area (Å²) >= 11 is 0. The van der Waals surface area contributed by atoms with Crippen molar-refractivity contribution in [2.45, 2.75) is 0 Å². The van der Waals surface area contributed by atoms with E-state index in [0.29, 0.717) is 0 Å². The molecule has 0 heteroatoms. The first kappa shape index (κ1) is 19.8. The number of rotatable bonds is 5. The number of benzene rings is 5. The predicted molar refractivity (Wildman–Crippen MR) is 137 cm³/mol. The van der Waals surface area contributed by atoms with E-state index in [-0.39, 0.29) is 0 Å². The third kappa shape index (κ3) is 4.31. The normalized spacial score (nSPS) is 11.3. The lowest BCUT2D eigenvalue weighted by molar-refractivity contribution is 1.52. The Morgan fingerprint density at radius 1 is 0.406 bits per heavy atom. The molecule has 0 bridgehead atoms. The average molecular weight is 409 g/mol. The van der Waals surface area contributed by atoms with Crippen molar-refractivity contribution in [3.8, 4) is 22.3 Å². The van der Waals surface area contributed by atoms with E-state index in [1.54, 1.807) is 0 Å². The van der Waals surface area contributed by atoms with Crippen LogP contribution in [-0.2, 0) is 0 Å². The molecule has 0 saturated heterocycles. The molecule has 32 heavy (non-hydrogen) atoms. The summed E-state index contributed by atoms with van der Waals surface area (Å²) in [5, 5.41) is 0. The fraction of sp³-hybridized carbons (Fsp3) is 0. The Morgan fingerprint density at radius 3 is 1.50 bits per heavy atom. The molecule has 0 fully saturated rings. The van der Waals surface area contributed by atoms with Crippen molar-refractivity contribution in [3.05, 3.63) is 156 Å². The highest BCUT2D eigenvalue weighted by Crippen LogP contribution is 2.36. The van der Waals surface area contributed by atoms with Gasteiger partial charge in [0.15, 0.2) is 0 Å². The Hall–Kier alpha value is -4.16. The molecule has 0 aromatic heterocycles. The maximum atomic E-state index is 2.33. The van der Waals surface area contributed by atoms with E-state index in [1.807, 2.05) is 0 Å². The molecule has 0 heterocycles. The topological polar surface area (TPSA) is 0 Å². The molecule has 0 nitrogen and oxygen atoms in total. The average Bonchev–Trinajstić information content (AvgIpc) is 2.89. The summed E-state index contributed by atoms with van der Waals surface area (Å²) in [6.45, 7) is 0. The van der Waals surface area contributed by atoms with Gasteiger partial charge in [0.25, 0.3) is 0 Å². The Balaban J connectivity index is 1.72. The van der Waals surface area contributed by atoms with Crippen LogP contribution >= 0.6 is 0 Å². The van der Waals surface area contributed by atoms with Crippen molar-refractivity contribution in [3.63, 3.8) is 0 Å². The number of hydrogen-bond donors (Lipinski definition) is 0. The smallest absolute Gasteiger partial charge is 0.00992 e. The molecule has 0 N–H and O–H groups in total. The Labute approximate surface area is 190 Å². The third-order valence-electron chi connectivity index (χ3n) is 5.70. The minimum Gasteiger partial charge on any atom is -0.0622 e. The molecule has 0 radical (unpaired) electrons. The van der Waals surface area contributed by atoms with E-state index in [0.717, 1.165) is 0 Å². The molecule has 5 aromatic rings. The third-order valence-corrected chi connectivity index (χ3v) is 5.70. The summed E-state index contributed by atoms with van der Waals surface area (Å²) in [4.78, 5) is 0. The Morgan fingerprint density at radius 2 is 0.906 bits per heavy atom. The molecule has 0 unspecified atom stereocenters. The van der Waals surface area contributed by atoms with E-state index in [4.69, 9.17) is 0 Å². The van der Waals surface area contributed by atoms with Gasteiger partial charge in [0, 0.05) is 0 Å². The van der Waals surface area contributed by atoms with Gasteiger partial charge < -0.3 is 0 Å². The largest absolute Gasteiger partial charge is 0.0622 e. The molecule has 0 amide bonds. The van der Waals surface area contributed by atoms with E-state index >= 15 is 0 Å². The Kier molecular flexibility index (Phi) is 5.76. The van der Waals surface area contributed by atoms with Gasteiger partial charge in [-0.1, -0.05) is 133 Å². The van der Waals surface area contributed by atoms with E-state index in [1.165, 1.54) is 44.5 Å². The fourth-order valence-corrected chi connectivity index (χ4v) is 4.10. The molecule has 0 saturated carbocycles.